The molecule has 4 rings (SSSR count). The summed E-state index contributed by atoms with van der Waals surface area (Å²) >= 11 is 1.32. The molecule has 3 aromatic rings. The highest BCUT2D eigenvalue weighted by Crippen LogP contribution is 2.38. The molecule has 0 unspecified atom stereocenters. The van der Waals surface area contributed by atoms with E-state index < -0.39 is 0 Å². The summed E-state index contributed by atoms with van der Waals surface area (Å²) < 4.78 is 0. The van der Waals surface area contributed by atoms with Crippen LogP contribution in [0.15, 0.2) is 76.2 Å². The first-order chi connectivity index (χ1) is 15.2. The molecule has 1 heterocycles. The van der Waals surface area contributed by atoms with Crippen LogP contribution in [0.3, 0.4) is 0 Å². The van der Waals surface area contributed by atoms with E-state index in [1.165, 1.54) is 22.2 Å². The van der Waals surface area contributed by atoms with Crippen molar-refractivity contribution in [3.05, 3.63) is 99.1 Å². The number of thioether (sulfide) groups is 1. The Morgan fingerprint density at radius 3 is 1.97 bits per heavy atom. The van der Waals surface area contributed by atoms with Gasteiger partial charge in [0.2, 0.25) is 0 Å². The van der Waals surface area contributed by atoms with Gasteiger partial charge in [-0.3, -0.25) is 9.59 Å². The van der Waals surface area contributed by atoms with Crippen LogP contribution in [-0.4, -0.2) is 11.8 Å². The number of aryl methyl sites for hydroxylation is 5. The molecule has 3 aromatic carbocycles. The van der Waals surface area contributed by atoms with Crippen molar-refractivity contribution in [3.63, 3.8) is 0 Å². The van der Waals surface area contributed by atoms with E-state index in [0.29, 0.717) is 16.3 Å². The van der Waals surface area contributed by atoms with Gasteiger partial charge in [-0.15, -0.1) is 0 Å². The molecule has 5 heteroatoms. The average Bonchev–Trinajstić information content (AvgIpc) is 2.95. The van der Waals surface area contributed by atoms with Crippen LogP contribution in [0.25, 0.3) is 0 Å². The fourth-order valence-electron chi connectivity index (χ4n) is 3.72. The van der Waals surface area contributed by atoms with Crippen LogP contribution < -0.4 is 10.2 Å². The minimum atomic E-state index is -0.340. The standard InChI is InChI=1S/C27H26N2O2S/c1-16-6-10-23(11-7-16)32-25-24(28-21-9-8-19(4)20(5)15-21)26(30)29(27(25)31)22-13-17(2)12-18(3)14-22/h6-15,28H,1-5H3. The zero-order chi connectivity index (χ0) is 23.0. The number of imide groups is 1. The number of nitrogens with one attached hydrogen (secondary N) is 1. The van der Waals surface area contributed by atoms with Gasteiger partial charge in [-0.2, -0.15) is 0 Å². The maximum absolute atomic E-state index is 13.5. The van der Waals surface area contributed by atoms with Crippen molar-refractivity contribution in [2.75, 3.05) is 10.2 Å². The predicted octanol–water partition coefficient (Wildman–Crippen LogP) is 6.22. The molecule has 1 aliphatic heterocycles. The van der Waals surface area contributed by atoms with Gasteiger partial charge >= 0.3 is 0 Å². The Labute approximate surface area is 193 Å². The van der Waals surface area contributed by atoms with Gasteiger partial charge in [0.1, 0.15) is 10.6 Å². The molecule has 162 valence electrons. The minimum Gasteiger partial charge on any atom is -0.350 e. The third kappa shape index (κ3) is 4.34. The topological polar surface area (TPSA) is 49.4 Å². The quantitative estimate of drug-likeness (QED) is 0.477. The van der Waals surface area contributed by atoms with Gasteiger partial charge in [0, 0.05) is 10.6 Å². The van der Waals surface area contributed by atoms with Crippen LogP contribution in [0.4, 0.5) is 11.4 Å². The molecule has 0 saturated carbocycles. The number of amides is 2. The summed E-state index contributed by atoms with van der Waals surface area (Å²) in [7, 11) is 0. The Hall–Kier alpha value is -3.31. The molecule has 0 spiro atoms. The lowest BCUT2D eigenvalue weighted by atomic mass is 10.1. The number of benzene rings is 3. The fourth-order valence-corrected chi connectivity index (χ4v) is 4.64. The molecule has 1 N–H and O–H groups in total. The van der Waals surface area contributed by atoms with E-state index >= 15 is 0 Å². The van der Waals surface area contributed by atoms with Gasteiger partial charge in [-0.05, 0) is 93.3 Å². The number of rotatable bonds is 5. The highest BCUT2D eigenvalue weighted by molar-refractivity contribution is 8.04. The number of carbonyl (C=O) groups is 2. The van der Waals surface area contributed by atoms with Crippen molar-refractivity contribution in [2.45, 2.75) is 39.5 Å². The smallest absolute Gasteiger partial charge is 0.283 e. The molecular weight excluding hydrogens is 416 g/mol. The monoisotopic (exact) mass is 442 g/mol. The van der Waals surface area contributed by atoms with E-state index in [0.717, 1.165) is 32.8 Å². The Morgan fingerprint density at radius 2 is 1.34 bits per heavy atom. The lowest BCUT2D eigenvalue weighted by molar-refractivity contribution is -0.120. The number of nitrogens with zero attached hydrogens (tertiary/aromatic N) is 1. The lowest BCUT2D eigenvalue weighted by Crippen LogP contribution is -2.32. The molecule has 1 aliphatic rings. The summed E-state index contributed by atoms with van der Waals surface area (Å²) in [6.45, 7) is 10.0. The highest BCUT2D eigenvalue weighted by atomic mass is 32.2. The second kappa shape index (κ2) is 8.67. The first-order valence-electron chi connectivity index (χ1n) is 10.5. The van der Waals surface area contributed by atoms with E-state index in [1.54, 1.807) is 0 Å². The van der Waals surface area contributed by atoms with E-state index in [-0.39, 0.29) is 11.8 Å². The maximum Gasteiger partial charge on any atom is 0.283 e. The minimum absolute atomic E-state index is 0.308. The Bertz CT molecular complexity index is 1240. The first kappa shape index (κ1) is 21.9. The second-order valence-corrected chi connectivity index (χ2v) is 9.42. The second-order valence-electron chi connectivity index (χ2n) is 8.33. The van der Waals surface area contributed by atoms with E-state index in [1.807, 2.05) is 95.3 Å². The predicted molar refractivity (Wildman–Crippen MR) is 132 cm³/mol. The Kier molecular flexibility index (Phi) is 5.94. The number of anilines is 2. The number of carbonyl (C=O) groups excluding carboxylic acids is 2. The van der Waals surface area contributed by atoms with Crippen LogP contribution in [0, 0.1) is 34.6 Å². The first-order valence-corrected chi connectivity index (χ1v) is 11.3. The third-order valence-electron chi connectivity index (χ3n) is 5.52. The van der Waals surface area contributed by atoms with Crippen molar-refractivity contribution in [2.24, 2.45) is 0 Å². The molecule has 0 saturated heterocycles. The van der Waals surface area contributed by atoms with Crippen molar-refractivity contribution >= 4 is 35.0 Å². The van der Waals surface area contributed by atoms with E-state index in [9.17, 15) is 9.59 Å². The Morgan fingerprint density at radius 1 is 0.688 bits per heavy atom. The van der Waals surface area contributed by atoms with Crippen LogP contribution >= 0.6 is 11.8 Å². The fraction of sp³-hybridized carbons (Fsp3) is 0.185. The lowest BCUT2D eigenvalue weighted by Gasteiger charge is -2.17. The molecule has 0 aliphatic carbocycles. The van der Waals surface area contributed by atoms with Crippen molar-refractivity contribution in [3.8, 4) is 0 Å². The van der Waals surface area contributed by atoms with Crippen LogP contribution in [0.5, 0.6) is 0 Å². The molecule has 32 heavy (non-hydrogen) atoms. The molecule has 0 bridgehead atoms. The average molecular weight is 443 g/mol. The molecule has 4 nitrogen and oxygen atoms in total. The number of hydrogen-bond donors (Lipinski definition) is 1. The SMILES string of the molecule is Cc1ccc(SC2=C(Nc3ccc(C)c(C)c3)C(=O)N(c3cc(C)cc(C)c3)C2=O)cc1. The van der Waals surface area contributed by atoms with Crippen molar-refractivity contribution < 1.29 is 9.59 Å². The summed E-state index contributed by atoms with van der Waals surface area (Å²) in [5.74, 6) is -0.648. The summed E-state index contributed by atoms with van der Waals surface area (Å²) in [6.07, 6.45) is 0. The van der Waals surface area contributed by atoms with Crippen molar-refractivity contribution in [1.29, 1.82) is 0 Å². The molecule has 0 atom stereocenters. The highest BCUT2D eigenvalue weighted by Gasteiger charge is 2.40. The van der Waals surface area contributed by atoms with Gasteiger partial charge in [0.05, 0.1) is 5.69 Å². The summed E-state index contributed by atoms with van der Waals surface area (Å²) in [5, 5.41) is 3.25. The van der Waals surface area contributed by atoms with Gasteiger partial charge < -0.3 is 5.32 Å². The zero-order valence-corrected chi connectivity index (χ0v) is 19.8. The van der Waals surface area contributed by atoms with Crippen LogP contribution in [-0.2, 0) is 9.59 Å². The number of hydrogen-bond acceptors (Lipinski definition) is 4. The largest absolute Gasteiger partial charge is 0.350 e. The third-order valence-corrected chi connectivity index (χ3v) is 6.61. The zero-order valence-electron chi connectivity index (χ0n) is 18.9. The van der Waals surface area contributed by atoms with Gasteiger partial charge in [-0.25, -0.2) is 4.90 Å². The Balaban J connectivity index is 1.77. The van der Waals surface area contributed by atoms with Gasteiger partial charge in [0.15, 0.2) is 0 Å². The van der Waals surface area contributed by atoms with Crippen LogP contribution in [0.1, 0.15) is 27.8 Å². The summed E-state index contributed by atoms with van der Waals surface area (Å²) in [6, 6.07) is 19.6. The van der Waals surface area contributed by atoms with Gasteiger partial charge in [-0.1, -0.05) is 41.6 Å². The maximum atomic E-state index is 13.5. The van der Waals surface area contributed by atoms with Crippen LogP contribution in [0.2, 0.25) is 0 Å². The van der Waals surface area contributed by atoms with E-state index in [2.05, 4.69) is 5.32 Å². The summed E-state index contributed by atoms with van der Waals surface area (Å²) in [5.41, 5.74) is 7.12. The van der Waals surface area contributed by atoms with Crippen molar-refractivity contribution in [1.82, 2.24) is 0 Å². The normalized spacial score (nSPS) is 13.8. The molecule has 0 aromatic heterocycles. The van der Waals surface area contributed by atoms with Gasteiger partial charge in [0.25, 0.3) is 11.8 Å². The van der Waals surface area contributed by atoms with E-state index in [4.69, 9.17) is 0 Å². The molecular formula is C27H26N2O2S. The molecule has 0 radical (unpaired) electrons. The molecule has 2 amide bonds. The molecule has 0 fully saturated rings. The summed E-state index contributed by atoms with van der Waals surface area (Å²) in [4.78, 5) is 29.6.